The molecular formula is C20H21F3N4. The van der Waals surface area contributed by atoms with Crippen LogP contribution in [0.25, 0.3) is 16.8 Å². The van der Waals surface area contributed by atoms with Crippen molar-refractivity contribution in [3.05, 3.63) is 47.8 Å². The summed E-state index contributed by atoms with van der Waals surface area (Å²) in [7, 11) is 0. The maximum atomic E-state index is 13.7. The second kappa shape index (κ2) is 6.87. The molecule has 0 saturated heterocycles. The van der Waals surface area contributed by atoms with E-state index in [-0.39, 0.29) is 17.3 Å². The number of anilines is 1. The van der Waals surface area contributed by atoms with Gasteiger partial charge in [0.2, 0.25) is 0 Å². The Bertz CT molecular complexity index is 941. The minimum atomic E-state index is -4.56. The van der Waals surface area contributed by atoms with Crippen LogP contribution in [0.2, 0.25) is 0 Å². The van der Waals surface area contributed by atoms with Gasteiger partial charge in [-0.2, -0.15) is 22.8 Å². The lowest BCUT2D eigenvalue weighted by molar-refractivity contribution is -0.140. The van der Waals surface area contributed by atoms with Gasteiger partial charge in [-0.05, 0) is 25.3 Å². The van der Waals surface area contributed by atoms with Crippen LogP contribution in [0.5, 0.6) is 0 Å². The Morgan fingerprint density at radius 1 is 1.07 bits per heavy atom. The third kappa shape index (κ3) is 3.50. The fraction of sp³-hybridized carbons (Fsp3) is 0.400. The van der Waals surface area contributed by atoms with Gasteiger partial charge in [0.05, 0.1) is 5.56 Å². The van der Waals surface area contributed by atoms with Crippen LogP contribution in [0.1, 0.15) is 43.5 Å². The summed E-state index contributed by atoms with van der Waals surface area (Å²) in [6.07, 6.45) is 0.944. The Balaban J connectivity index is 1.90. The zero-order chi connectivity index (χ0) is 19.0. The second-order valence-electron chi connectivity index (χ2n) is 7.08. The van der Waals surface area contributed by atoms with Gasteiger partial charge in [-0.15, -0.1) is 0 Å². The van der Waals surface area contributed by atoms with Gasteiger partial charge in [0.1, 0.15) is 5.82 Å². The lowest BCUT2D eigenvalue weighted by atomic mass is 9.95. The average Bonchev–Trinajstić information content (AvgIpc) is 3.03. The molecule has 2 heterocycles. The maximum absolute atomic E-state index is 13.7. The Hall–Kier alpha value is -2.57. The SMILES string of the molecule is Cc1cc(NC2CCCCC2)n2nc(C(F)(F)F)c(-c3ccccc3)c2n1. The number of nitrogens with zero attached hydrogens (tertiary/aromatic N) is 3. The molecule has 1 aliphatic carbocycles. The molecule has 7 heteroatoms. The molecule has 1 fully saturated rings. The molecule has 0 amide bonds. The van der Waals surface area contributed by atoms with Crippen molar-refractivity contribution in [3.63, 3.8) is 0 Å². The molecule has 0 aliphatic heterocycles. The predicted molar refractivity (Wildman–Crippen MR) is 98.7 cm³/mol. The zero-order valence-corrected chi connectivity index (χ0v) is 15.1. The van der Waals surface area contributed by atoms with E-state index in [0.717, 1.165) is 25.7 Å². The number of halogens is 3. The standard InChI is InChI=1S/C20H21F3N4/c1-13-12-16(25-15-10-6-3-7-11-15)27-19(24-13)17(14-8-4-2-5-9-14)18(26-27)20(21,22)23/h2,4-5,8-9,12,15,25H,3,6-7,10-11H2,1H3. The highest BCUT2D eigenvalue weighted by atomic mass is 19.4. The molecule has 0 unspecified atom stereocenters. The summed E-state index contributed by atoms with van der Waals surface area (Å²) in [5, 5.41) is 7.33. The first-order chi connectivity index (χ1) is 12.9. The van der Waals surface area contributed by atoms with Crippen molar-refractivity contribution in [3.8, 4) is 11.1 Å². The number of benzene rings is 1. The van der Waals surface area contributed by atoms with Crippen LogP contribution in [-0.2, 0) is 6.18 Å². The van der Waals surface area contributed by atoms with Crippen molar-refractivity contribution in [2.45, 2.75) is 51.2 Å². The molecule has 27 heavy (non-hydrogen) atoms. The molecule has 0 bridgehead atoms. The van der Waals surface area contributed by atoms with Gasteiger partial charge in [-0.3, -0.25) is 0 Å². The van der Waals surface area contributed by atoms with Crippen LogP contribution in [0.4, 0.5) is 19.0 Å². The summed E-state index contributed by atoms with van der Waals surface area (Å²) in [5.74, 6) is 0.567. The molecule has 1 aliphatic rings. The van der Waals surface area contributed by atoms with Crippen molar-refractivity contribution in [2.24, 2.45) is 0 Å². The van der Waals surface area contributed by atoms with E-state index < -0.39 is 11.9 Å². The molecule has 0 spiro atoms. The van der Waals surface area contributed by atoms with Gasteiger partial charge in [0, 0.05) is 17.8 Å². The number of fused-ring (bicyclic) bond motifs is 1. The van der Waals surface area contributed by atoms with Gasteiger partial charge < -0.3 is 5.32 Å². The highest BCUT2D eigenvalue weighted by molar-refractivity contribution is 5.81. The van der Waals surface area contributed by atoms with E-state index in [9.17, 15) is 13.2 Å². The molecule has 0 radical (unpaired) electrons. The maximum Gasteiger partial charge on any atom is 0.435 e. The number of nitrogens with one attached hydrogen (secondary N) is 1. The van der Waals surface area contributed by atoms with E-state index >= 15 is 0 Å². The molecule has 1 saturated carbocycles. The van der Waals surface area contributed by atoms with E-state index in [0.29, 0.717) is 17.1 Å². The molecule has 2 aromatic heterocycles. The summed E-state index contributed by atoms with van der Waals surface area (Å²) in [6.45, 7) is 1.79. The fourth-order valence-corrected chi connectivity index (χ4v) is 3.77. The number of alkyl halides is 3. The van der Waals surface area contributed by atoms with Crippen LogP contribution in [0, 0.1) is 6.92 Å². The molecule has 4 rings (SSSR count). The van der Waals surface area contributed by atoms with Crippen LogP contribution < -0.4 is 5.32 Å². The normalized spacial score (nSPS) is 16.0. The Morgan fingerprint density at radius 2 is 1.78 bits per heavy atom. The largest absolute Gasteiger partial charge is 0.435 e. The second-order valence-corrected chi connectivity index (χ2v) is 7.08. The number of hydrogen-bond donors (Lipinski definition) is 1. The number of hydrogen-bond acceptors (Lipinski definition) is 3. The van der Waals surface area contributed by atoms with Crippen LogP contribution in [-0.4, -0.2) is 20.6 Å². The summed E-state index contributed by atoms with van der Waals surface area (Å²) < 4.78 is 42.5. The lowest BCUT2D eigenvalue weighted by Crippen LogP contribution is -2.24. The van der Waals surface area contributed by atoms with E-state index in [4.69, 9.17) is 0 Å². The van der Waals surface area contributed by atoms with E-state index in [1.807, 2.05) is 0 Å². The third-order valence-corrected chi connectivity index (χ3v) is 5.01. The number of rotatable bonds is 3. The highest BCUT2D eigenvalue weighted by Gasteiger charge is 2.39. The molecule has 0 atom stereocenters. The Labute approximate surface area is 155 Å². The van der Waals surface area contributed by atoms with Crippen molar-refractivity contribution in [1.82, 2.24) is 14.6 Å². The first kappa shape index (κ1) is 17.8. The van der Waals surface area contributed by atoms with Gasteiger partial charge in [0.25, 0.3) is 0 Å². The Morgan fingerprint density at radius 3 is 2.44 bits per heavy atom. The molecule has 3 aromatic rings. The summed E-state index contributed by atoms with van der Waals surface area (Å²) in [5.41, 5.74) is 0.469. The molecule has 142 valence electrons. The van der Waals surface area contributed by atoms with Crippen LogP contribution >= 0.6 is 0 Å². The van der Waals surface area contributed by atoms with Gasteiger partial charge in [0.15, 0.2) is 11.3 Å². The van der Waals surface area contributed by atoms with Crippen molar-refractivity contribution in [2.75, 3.05) is 5.32 Å². The minimum Gasteiger partial charge on any atom is -0.367 e. The van der Waals surface area contributed by atoms with E-state index in [1.165, 1.54) is 10.9 Å². The van der Waals surface area contributed by atoms with E-state index in [1.54, 1.807) is 43.3 Å². The fourth-order valence-electron chi connectivity index (χ4n) is 3.77. The lowest BCUT2D eigenvalue weighted by Gasteiger charge is -2.24. The van der Waals surface area contributed by atoms with Crippen molar-refractivity contribution < 1.29 is 13.2 Å². The quantitative estimate of drug-likeness (QED) is 0.661. The topological polar surface area (TPSA) is 42.2 Å². The Kier molecular flexibility index (Phi) is 4.53. The average molecular weight is 374 g/mol. The van der Waals surface area contributed by atoms with Crippen molar-refractivity contribution >= 4 is 11.5 Å². The summed E-state index contributed by atoms with van der Waals surface area (Å²) >= 11 is 0. The molecular weight excluding hydrogens is 353 g/mol. The predicted octanol–water partition coefficient (Wildman–Crippen LogP) is 5.47. The first-order valence-corrected chi connectivity index (χ1v) is 9.23. The molecule has 1 aromatic carbocycles. The monoisotopic (exact) mass is 374 g/mol. The summed E-state index contributed by atoms with van der Waals surface area (Å²) in [6, 6.07) is 10.5. The molecule has 4 nitrogen and oxygen atoms in total. The number of aromatic nitrogens is 3. The number of aryl methyl sites for hydroxylation is 1. The van der Waals surface area contributed by atoms with Gasteiger partial charge in [-0.1, -0.05) is 49.6 Å². The third-order valence-electron chi connectivity index (χ3n) is 5.01. The first-order valence-electron chi connectivity index (χ1n) is 9.23. The smallest absolute Gasteiger partial charge is 0.367 e. The van der Waals surface area contributed by atoms with Crippen LogP contribution in [0.3, 0.4) is 0 Å². The summed E-state index contributed by atoms with van der Waals surface area (Å²) in [4.78, 5) is 4.40. The zero-order valence-electron chi connectivity index (χ0n) is 15.1. The van der Waals surface area contributed by atoms with Gasteiger partial charge in [-0.25, -0.2) is 4.98 Å². The van der Waals surface area contributed by atoms with Crippen LogP contribution in [0.15, 0.2) is 36.4 Å². The molecule has 1 N–H and O–H groups in total. The van der Waals surface area contributed by atoms with Gasteiger partial charge >= 0.3 is 6.18 Å². The van der Waals surface area contributed by atoms with E-state index in [2.05, 4.69) is 15.4 Å². The highest BCUT2D eigenvalue weighted by Crippen LogP contribution is 2.39. The minimum absolute atomic E-state index is 0.0264. The van der Waals surface area contributed by atoms with Crippen molar-refractivity contribution in [1.29, 1.82) is 0 Å².